The molecule has 0 aliphatic carbocycles. The number of carboxylic acids is 1. The van der Waals surface area contributed by atoms with E-state index in [2.05, 4.69) is 15.2 Å². The molecule has 2 aromatic rings. The van der Waals surface area contributed by atoms with Crippen LogP contribution in [0.4, 0.5) is 0 Å². The molecule has 282 valence electrons. The zero-order valence-corrected chi connectivity index (χ0v) is 32.2. The van der Waals surface area contributed by atoms with Crippen molar-refractivity contribution in [3.63, 3.8) is 0 Å². The first-order valence-corrected chi connectivity index (χ1v) is 19.2. The second-order valence-corrected chi connectivity index (χ2v) is 15.3. The van der Waals surface area contributed by atoms with Crippen LogP contribution in [0.3, 0.4) is 0 Å². The van der Waals surface area contributed by atoms with E-state index in [1.165, 1.54) is 5.38 Å². The van der Waals surface area contributed by atoms with Crippen LogP contribution in [-0.4, -0.2) is 101 Å². The van der Waals surface area contributed by atoms with Crippen LogP contribution in [0.1, 0.15) is 105 Å². The van der Waals surface area contributed by atoms with Gasteiger partial charge in [0.2, 0.25) is 5.91 Å². The quantitative estimate of drug-likeness (QED) is 0.153. The molecule has 2 amide bonds. The molecule has 12 heteroatoms. The Hall–Kier alpha value is -3.48. The largest absolute Gasteiger partial charge is 0.481 e. The molecule has 51 heavy (non-hydrogen) atoms. The number of Topliss-reactive ketones (excluding diaryl/α,β-unsaturated/α-hetero) is 2. The second kappa shape index (κ2) is 20.5. The number of methoxy groups -OCH3 is 1. The molecule has 1 aliphatic heterocycles. The number of hydrogen-bond acceptors (Lipinski definition) is 9. The molecular weight excluding hydrogens is 669 g/mol. The van der Waals surface area contributed by atoms with Crippen LogP contribution < -0.4 is 5.32 Å². The van der Waals surface area contributed by atoms with Crippen molar-refractivity contribution in [2.24, 2.45) is 23.7 Å². The molecule has 1 aliphatic rings. The third kappa shape index (κ3) is 12.3. The highest BCUT2D eigenvalue weighted by Gasteiger charge is 2.38. The van der Waals surface area contributed by atoms with Gasteiger partial charge in [-0.25, -0.2) is 4.98 Å². The first-order chi connectivity index (χ1) is 24.3. The first kappa shape index (κ1) is 41.9. The maximum absolute atomic E-state index is 14.4. The minimum absolute atomic E-state index is 0.000979. The SMILES string of the molecule is CCC(C)C(CC(=O)C1CCCCN1C)C(=O)N(CCOC)C(CC(=O)c1nc(C(=O)NC(Cc2ccccc2)CC(C)C(=O)O)cs1)C(C)C. The van der Waals surface area contributed by atoms with Crippen molar-refractivity contribution in [3.05, 3.63) is 52.0 Å². The van der Waals surface area contributed by atoms with Gasteiger partial charge in [0.25, 0.3) is 5.91 Å². The summed E-state index contributed by atoms with van der Waals surface area (Å²) in [4.78, 5) is 75.0. The second-order valence-electron chi connectivity index (χ2n) is 14.5. The summed E-state index contributed by atoms with van der Waals surface area (Å²) >= 11 is 1.07. The lowest BCUT2D eigenvalue weighted by atomic mass is 9.82. The average molecular weight is 727 g/mol. The van der Waals surface area contributed by atoms with E-state index in [0.717, 1.165) is 49.1 Å². The molecule has 0 bridgehead atoms. The molecule has 11 nitrogen and oxygen atoms in total. The number of aromatic nitrogens is 1. The zero-order valence-electron chi connectivity index (χ0n) is 31.4. The van der Waals surface area contributed by atoms with E-state index in [4.69, 9.17) is 4.74 Å². The molecular formula is C39H58N4O7S. The summed E-state index contributed by atoms with van der Waals surface area (Å²) in [6.07, 6.45) is 4.44. The number of rotatable bonds is 21. The van der Waals surface area contributed by atoms with Gasteiger partial charge in [0.15, 0.2) is 16.6 Å². The molecule has 1 aromatic carbocycles. The number of amides is 2. The van der Waals surface area contributed by atoms with Crippen molar-refractivity contribution in [1.82, 2.24) is 20.1 Å². The van der Waals surface area contributed by atoms with Gasteiger partial charge in [-0.1, -0.05) is 77.8 Å². The van der Waals surface area contributed by atoms with Crippen molar-refractivity contribution < 1.29 is 33.8 Å². The summed E-state index contributed by atoms with van der Waals surface area (Å²) in [5.74, 6) is -3.07. The minimum atomic E-state index is -0.944. The monoisotopic (exact) mass is 726 g/mol. The van der Waals surface area contributed by atoms with Crippen LogP contribution in [0.5, 0.6) is 0 Å². The van der Waals surface area contributed by atoms with Gasteiger partial charge in [-0.05, 0) is 56.7 Å². The number of thiazole rings is 1. The molecule has 2 heterocycles. The van der Waals surface area contributed by atoms with E-state index < -0.39 is 35.8 Å². The van der Waals surface area contributed by atoms with Crippen molar-refractivity contribution in [3.8, 4) is 0 Å². The lowest BCUT2D eigenvalue weighted by Gasteiger charge is -2.38. The van der Waals surface area contributed by atoms with Crippen LogP contribution >= 0.6 is 11.3 Å². The van der Waals surface area contributed by atoms with Crippen LogP contribution in [-0.2, 0) is 25.5 Å². The van der Waals surface area contributed by atoms with Gasteiger partial charge in [0, 0.05) is 49.9 Å². The smallest absolute Gasteiger partial charge is 0.306 e. The fourth-order valence-corrected chi connectivity index (χ4v) is 7.61. The third-order valence-electron chi connectivity index (χ3n) is 10.3. The molecule has 1 fully saturated rings. The van der Waals surface area contributed by atoms with Crippen molar-refractivity contribution in [1.29, 1.82) is 0 Å². The highest BCUT2D eigenvalue weighted by Crippen LogP contribution is 2.29. The molecule has 0 radical (unpaired) electrons. The van der Waals surface area contributed by atoms with Crippen LogP contribution in [0.25, 0.3) is 0 Å². The summed E-state index contributed by atoms with van der Waals surface area (Å²) in [5.41, 5.74) is 1.05. The molecule has 1 saturated heterocycles. The number of piperidine rings is 1. The van der Waals surface area contributed by atoms with E-state index in [-0.39, 0.29) is 78.5 Å². The van der Waals surface area contributed by atoms with Gasteiger partial charge < -0.3 is 20.1 Å². The number of carbonyl (C=O) groups is 5. The molecule has 1 aromatic heterocycles. The maximum Gasteiger partial charge on any atom is 0.306 e. The predicted octanol–water partition coefficient (Wildman–Crippen LogP) is 5.77. The molecule has 0 saturated carbocycles. The van der Waals surface area contributed by atoms with Gasteiger partial charge in [-0.2, -0.15) is 0 Å². The number of ketones is 2. The first-order valence-electron chi connectivity index (χ1n) is 18.4. The molecule has 2 N–H and O–H groups in total. The Labute approximate surface area is 307 Å². The lowest BCUT2D eigenvalue weighted by Crippen LogP contribution is -2.51. The van der Waals surface area contributed by atoms with E-state index >= 15 is 0 Å². The van der Waals surface area contributed by atoms with Crippen LogP contribution in [0.2, 0.25) is 0 Å². The zero-order chi connectivity index (χ0) is 37.7. The van der Waals surface area contributed by atoms with Gasteiger partial charge >= 0.3 is 5.97 Å². The van der Waals surface area contributed by atoms with E-state index in [1.807, 2.05) is 65.1 Å². The number of likely N-dealkylation sites (tertiary alicyclic amines) is 1. The standard InChI is InChI=1S/C39H58N4O7S/c1-8-26(4)30(22-34(44)32-16-12-13-17-42(32)6)38(47)43(18-19-50-7)33(25(2)3)23-35(45)37-41-31(24-51-37)36(46)40-29(20-27(5)39(48)49)21-28-14-10-9-11-15-28/h9-11,14-15,24-27,29-30,32-33H,8,12-13,16-23H2,1-7H3,(H,40,46)(H,48,49). The number of carbonyl (C=O) groups excluding carboxylic acids is 4. The van der Waals surface area contributed by atoms with Crippen LogP contribution in [0.15, 0.2) is 35.7 Å². The Balaban J connectivity index is 1.79. The number of nitrogens with one attached hydrogen (secondary N) is 1. The Bertz CT molecular complexity index is 1450. The fourth-order valence-electron chi connectivity index (χ4n) is 6.86. The summed E-state index contributed by atoms with van der Waals surface area (Å²) in [7, 11) is 3.55. The maximum atomic E-state index is 14.4. The molecule has 6 atom stereocenters. The van der Waals surface area contributed by atoms with E-state index in [0.29, 0.717) is 6.42 Å². The van der Waals surface area contributed by atoms with Gasteiger partial charge in [0.05, 0.1) is 18.6 Å². The Morgan fingerprint density at radius 2 is 1.78 bits per heavy atom. The Morgan fingerprint density at radius 1 is 1.08 bits per heavy atom. The molecule has 3 rings (SSSR count). The molecule has 0 spiro atoms. The van der Waals surface area contributed by atoms with Crippen molar-refractivity contribution in [2.45, 2.75) is 104 Å². The van der Waals surface area contributed by atoms with E-state index in [9.17, 15) is 29.1 Å². The predicted molar refractivity (Wildman–Crippen MR) is 199 cm³/mol. The van der Waals surface area contributed by atoms with Gasteiger partial charge in [0.1, 0.15) is 5.69 Å². The Kier molecular flexibility index (Phi) is 16.9. The summed E-state index contributed by atoms with van der Waals surface area (Å²) in [5, 5.41) is 14.1. The summed E-state index contributed by atoms with van der Waals surface area (Å²) in [6, 6.07) is 8.41. The highest BCUT2D eigenvalue weighted by molar-refractivity contribution is 7.12. The van der Waals surface area contributed by atoms with Gasteiger partial charge in [-0.15, -0.1) is 11.3 Å². The number of ether oxygens (including phenoxy) is 1. The van der Waals surface area contributed by atoms with Crippen molar-refractivity contribution >= 4 is 40.7 Å². The number of nitrogens with zero attached hydrogens (tertiary/aromatic N) is 3. The number of likely N-dealkylation sites (N-methyl/N-ethyl adjacent to an activating group) is 1. The molecule has 6 unspecified atom stereocenters. The van der Waals surface area contributed by atoms with E-state index in [1.54, 1.807) is 18.9 Å². The average Bonchev–Trinajstić information content (AvgIpc) is 3.61. The fraction of sp³-hybridized carbons (Fsp3) is 0.641. The van der Waals surface area contributed by atoms with Crippen LogP contribution in [0, 0.1) is 23.7 Å². The lowest BCUT2D eigenvalue weighted by molar-refractivity contribution is -0.144. The summed E-state index contributed by atoms with van der Waals surface area (Å²) < 4.78 is 5.39. The van der Waals surface area contributed by atoms with Crippen molar-refractivity contribution in [2.75, 3.05) is 33.9 Å². The topological polar surface area (TPSA) is 146 Å². The highest BCUT2D eigenvalue weighted by atomic mass is 32.1. The number of aliphatic carboxylic acids is 1. The number of carboxylic acid groups (broad SMARTS) is 1. The van der Waals surface area contributed by atoms with Gasteiger partial charge in [-0.3, -0.25) is 28.9 Å². The third-order valence-corrected chi connectivity index (χ3v) is 11.2. The summed E-state index contributed by atoms with van der Waals surface area (Å²) in [6.45, 7) is 11.0. The minimum Gasteiger partial charge on any atom is -0.481 e. The Morgan fingerprint density at radius 3 is 2.39 bits per heavy atom. The normalized spacial score (nSPS) is 18.0. The number of benzene rings is 1. The number of hydrogen-bond donors (Lipinski definition) is 2.